The van der Waals surface area contributed by atoms with Crippen LogP contribution in [-0.2, 0) is 10.3 Å². The number of benzene rings is 1. The third-order valence-corrected chi connectivity index (χ3v) is 5.63. The van der Waals surface area contributed by atoms with Crippen LogP contribution in [-0.4, -0.2) is 39.5 Å². The molecule has 1 fully saturated rings. The summed E-state index contributed by atoms with van der Waals surface area (Å²) >= 11 is 1.47. The lowest BCUT2D eigenvalue weighted by atomic mass is 9.84. The smallest absolute Gasteiger partial charge is 0.281 e. The number of fused-ring (bicyclic) bond motifs is 1. The van der Waals surface area contributed by atoms with Crippen molar-refractivity contribution in [3.05, 3.63) is 53.6 Å². The molecule has 2 atom stereocenters. The first kappa shape index (κ1) is 18.8. The second-order valence-corrected chi connectivity index (χ2v) is 7.50. The predicted molar refractivity (Wildman–Crippen MR) is 101 cm³/mol. The number of amides is 1. The minimum absolute atomic E-state index is 0.0497. The standard InChI is InChI=1S/C18H17F2N5O2S/c19-15(20)12-7-23-13(8-22-12)16(26)24-11-3-1-2-10(6-11)18-4-5-27-14(18)9-28-17(21)25-18/h1-3,6-8,14-15H,4-5,9H2,(H2,21,25)(H,24,26)/t14-,18+/m0/s1. The van der Waals surface area contributed by atoms with Gasteiger partial charge in [0, 0.05) is 24.5 Å². The quantitative estimate of drug-likeness (QED) is 0.811. The molecule has 0 radical (unpaired) electrons. The average Bonchev–Trinajstić information content (AvgIpc) is 3.12. The zero-order chi connectivity index (χ0) is 19.7. The molecule has 2 aliphatic heterocycles. The minimum atomic E-state index is -2.73. The van der Waals surface area contributed by atoms with Crippen LogP contribution in [0.1, 0.15) is 34.6 Å². The fraction of sp³-hybridized carbons (Fsp3) is 0.333. The number of amidine groups is 1. The number of hydrogen-bond acceptors (Lipinski definition) is 7. The number of thioether (sulfide) groups is 1. The lowest BCUT2D eigenvalue weighted by molar-refractivity contribution is 0.0989. The molecule has 0 bridgehead atoms. The number of alkyl halides is 2. The van der Waals surface area contributed by atoms with Gasteiger partial charge in [0.15, 0.2) is 5.17 Å². The third-order valence-electron chi connectivity index (χ3n) is 4.78. The summed E-state index contributed by atoms with van der Waals surface area (Å²) in [4.78, 5) is 24.4. The summed E-state index contributed by atoms with van der Waals surface area (Å²) in [6.45, 7) is 0.588. The Kier molecular flexibility index (Phi) is 4.98. The fourth-order valence-electron chi connectivity index (χ4n) is 3.38. The van der Waals surface area contributed by atoms with Gasteiger partial charge in [0.05, 0.1) is 18.5 Å². The van der Waals surface area contributed by atoms with Crippen molar-refractivity contribution in [2.45, 2.75) is 24.5 Å². The number of halogens is 2. The van der Waals surface area contributed by atoms with Crippen LogP contribution < -0.4 is 11.1 Å². The molecule has 3 N–H and O–H groups in total. The van der Waals surface area contributed by atoms with Crippen molar-refractivity contribution in [3.8, 4) is 0 Å². The van der Waals surface area contributed by atoms with E-state index in [0.29, 0.717) is 23.9 Å². The Labute approximate surface area is 163 Å². The maximum Gasteiger partial charge on any atom is 0.281 e. The van der Waals surface area contributed by atoms with Gasteiger partial charge in [-0.15, -0.1) is 0 Å². The number of rotatable bonds is 4. The van der Waals surface area contributed by atoms with Crippen molar-refractivity contribution in [1.29, 1.82) is 0 Å². The molecule has 146 valence electrons. The largest absolute Gasteiger partial charge is 0.379 e. The summed E-state index contributed by atoms with van der Waals surface area (Å²) in [6, 6.07) is 7.30. The number of carbonyl (C=O) groups is 1. The number of ether oxygens (including phenoxy) is 1. The number of nitrogens with one attached hydrogen (secondary N) is 1. The van der Waals surface area contributed by atoms with Gasteiger partial charge in [-0.2, -0.15) is 0 Å². The number of carbonyl (C=O) groups excluding carboxylic acids is 1. The van der Waals surface area contributed by atoms with E-state index in [-0.39, 0.29) is 11.8 Å². The van der Waals surface area contributed by atoms with Gasteiger partial charge in [-0.25, -0.2) is 18.8 Å². The summed E-state index contributed by atoms with van der Waals surface area (Å²) in [7, 11) is 0. The van der Waals surface area contributed by atoms with E-state index in [0.717, 1.165) is 23.7 Å². The molecule has 0 saturated carbocycles. The van der Waals surface area contributed by atoms with E-state index in [1.165, 1.54) is 11.8 Å². The zero-order valence-corrected chi connectivity index (χ0v) is 15.5. The van der Waals surface area contributed by atoms with Gasteiger partial charge in [-0.05, 0) is 17.7 Å². The Hall–Kier alpha value is -2.59. The highest BCUT2D eigenvalue weighted by atomic mass is 32.2. The highest BCUT2D eigenvalue weighted by Crippen LogP contribution is 2.44. The monoisotopic (exact) mass is 405 g/mol. The Bertz CT molecular complexity index is 924. The van der Waals surface area contributed by atoms with E-state index in [2.05, 4.69) is 20.3 Å². The number of nitrogens with two attached hydrogens (primary N) is 1. The van der Waals surface area contributed by atoms with Gasteiger partial charge >= 0.3 is 0 Å². The van der Waals surface area contributed by atoms with E-state index in [4.69, 9.17) is 10.5 Å². The van der Waals surface area contributed by atoms with Crippen LogP contribution in [0.2, 0.25) is 0 Å². The Morgan fingerprint density at radius 2 is 2.21 bits per heavy atom. The first-order chi connectivity index (χ1) is 13.5. The molecular formula is C18H17F2N5O2S. The van der Waals surface area contributed by atoms with Crippen LogP contribution in [0.5, 0.6) is 0 Å². The Morgan fingerprint density at radius 1 is 1.36 bits per heavy atom. The normalized spacial score (nSPS) is 24.0. The summed E-state index contributed by atoms with van der Waals surface area (Å²) in [6.07, 6.45) is -0.181. The van der Waals surface area contributed by atoms with Gasteiger partial charge in [0.2, 0.25) is 0 Å². The number of hydrogen-bond donors (Lipinski definition) is 2. The van der Waals surface area contributed by atoms with E-state index < -0.39 is 23.6 Å². The maximum absolute atomic E-state index is 12.6. The van der Waals surface area contributed by atoms with Crippen LogP contribution >= 0.6 is 11.8 Å². The molecule has 7 nitrogen and oxygen atoms in total. The Balaban J connectivity index is 1.57. The van der Waals surface area contributed by atoms with E-state index in [1.54, 1.807) is 6.07 Å². The van der Waals surface area contributed by atoms with Gasteiger partial charge in [0.1, 0.15) is 16.9 Å². The minimum Gasteiger partial charge on any atom is -0.379 e. The third kappa shape index (κ3) is 3.45. The SMILES string of the molecule is NC1=N[C@@]2(c3cccc(NC(=O)c4cnc(C(F)F)cn4)c3)CCO[C@H]2CS1. The number of nitrogens with zero attached hydrogens (tertiary/aromatic N) is 3. The number of aliphatic imine (C=N–C) groups is 1. The molecule has 1 amide bonds. The van der Waals surface area contributed by atoms with Crippen LogP contribution in [0, 0.1) is 0 Å². The highest BCUT2D eigenvalue weighted by Gasteiger charge is 2.48. The first-order valence-corrected chi connectivity index (χ1v) is 9.58. The average molecular weight is 405 g/mol. The van der Waals surface area contributed by atoms with Crippen molar-refractivity contribution < 1.29 is 18.3 Å². The van der Waals surface area contributed by atoms with Crippen molar-refractivity contribution in [2.75, 3.05) is 17.7 Å². The summed E-state index contributed by atoms with van der Waals surface area (Å²) in [5, 5.41) is 3.24. The Morgan fingerprint density at radius 3 is 2.96 bits per heavy atom. The van der Waals surface area contributed by atoms with Crippen LogP contribution in [0.25, 0.3) is 0 Å². The second-order valence-electron chi connectivity index (χ2n) is 6.46. The molecule has 0 aliphatic carbocycles. The molecule has 10 heteroatoms. The van der Waals surface area contributed by atoms with Gasteiger partial charge < -0.3 is 15.8 Å². The molecule has 1 aromatic heterocycles. The second kappa shape index (κ2) is 7.44. The lowest BCUT2D eigenvalue weighted by Gasteiger charge is -2.34. The van der Waals surface area contributed by atoms with E-state index in [1.807, 2.05) is 18.2 Å². The summed E-state index contributed by atoms with van der Waals surface area (Å²) in [5.74, 6) is 0.183. The molecule has 28 heavy (non-hydrogen) atoms. The fourth-order valence-corrected chi connectivity index (χ4v) is 4.31. The van der Waals surface area contributed by atoms with Crippen molar-refractivity contribution in [1.82, 2.24) is 9.97 Å². The summed E-state index contributed by atoms with van der Waals surface area (Å²) < 4.78 is 31.0. The van der Waals surface area contributed by atoms with Gasteiger partial charge in [-0.3, -0.25) is 9.78 Å². The first-order valence-electron chi connectivity index (χ1n) is 8.60. The van der Waals surface area contributed by atoms with E-state index in [9.17, 15) is 13.6 Å². The molecular weight excluding hydrogens is 388 g/mol. The molecule has 1 aromatic carbocycles. The van der Waals surface area contributed by atoms with Crippen LogP contribution in [0.15, 0.2) is 41.7 Å². The van der Waals surface area contributed by atoms with Crippen LogP contribution in [0.4, 0.5) is 14.5 Å². The van der Waals surface area contributed by atoms with Crippen molar-refractivity contribution >= 4 is 28.5 Å². The molecule has 4 rings (SSSR count). The maximum atomic E-state index is 12.6. The molecule has 3 heterocycles. The van der Waals surface area contributed by atoms with E-state index >= 15 is 0 Å². The lowest BCUT2D eigenvalue weighted by Crippen LogP contribution is -2.41. The van der Waals surface area contributed by atoms with Crippen molar-refractivity contribution in [3.63, 3.8) is 0 Å². The summed E-state index contributed by atoms with van der Waals surface area (Å²) in [5.41, 5.74) is 6.31. The van der Waals surface area contributed by atoms with Gasteiger partial charge in [0.25, 0.3) is 12.3 Å². The zero-order valence-electron chi connectivity index (χ0n) is 14.6. The molecule has 2 aromatic rings. The number of anilines is 1. The molecule has 0 spiro atoms. The molecule has 2 aliphatic rings. The molecule has 0 unspecified atom stereocenters. The highest BCUT2D eigenvalue weighted by molar-refractivity contribution is 8.13. The number of aromatic nitrogens is 2. The molecule has 1 saturated heterocycles. The topological polar surface area (TPSA) is 102 Å². The van der Waals surface area contributed by atoms with Crippen LogP contribution in [0.3, 0.4) is 0 Å². The van der Waals surface area contributed by atoms with Gasteiger partial charge in [-0.1, -0.05) is 23.9 Å². The predicted octanol–water partition coefficient (Wildman–Crippen LogP) is 2.71. The van der Waals surface area contributed by atoms with Crippen molar-refractivity contribution in [2.24, 2.45) is 10.7 Å².